The quantitative estimate of drug-likeness (QED) is 0.700. The van der Waals surface area contributed by atoms with Crippen LogP contribution in [0.3, 0.4) is 0 Å². The Morgan fingerprint density at radius 3 is 2.18 bits per heavy atom. The van der Waals surface area contributed by atoms with E-state index in [0.29, 0.717) is 5.69 Å². The highest BCUT2D eigenvalue weighted by molar-refractivity contribution is 14.1. The summed E-state index contributed by atoms with van der Waals surface area (Å²) in [6.45, 7) is 0. The number of sulfonamides is 1. The molecular weight excluding hydrogens is 441 g/mol. The summed E-state index contributed by atoms with van der Waals surface area (Å²) in [5, 5.41) is 0.271. The van der Waals surface area contributed by atoms with E-state index in [0.717, 1.165) is 3.57 Å². The average molecular weight is 454 g/mol. The zero-order chi connectivity index (χ0) is 16.3. The zero-order valence-corrected chi connectivity index (χ0v) is 15.5. The van der Waals surface area contributed by atoms with E-state index < -0.39 is 10.0 Å². The summed E-state index contributed by atoms with van der Waals surface area (Å²) in [5.74, 6) is 0.397. The first-order chi connectivity index (χ1) is 10.4. The van der Waals surface area contributed by atoms with Crippen LogP contribution in [0.15, 0.2) is 41.3 Å². The molecule has 22 heavy (non-hydrogen) atoms. The van der Waals surface area contributed by atoms with Crippen LogP contribution in [0.25, 0.3) is 0 Å². The molecule has 0 bridgehead atoms. The summed E-state index contributed by atoms with van der Waals surface area (Å²) >= 11 is 8.13. The van der Waals surface area contributed by atoms with Crippen molar-refractivity contribution in [1.29, 1.82) is 0 Å². The van der Waals surface area contributed by atoms with Gasteiger partial charge in [-0.1, -0.05) is 11.6 Å². The number of methoxy groups -OCH3 is 2. The van der Waals surface area contributed by atoms with E-state index in [2.05, 4.69) is 27.3 Å². The number of rotatable bonds is 5. The molecule has 2 aromatic rings. The first-order valence-corrected chi connectivity index (χ1v) is 9.01. The molecule has 0 saturated heterocycles. The highest BCUT2D eigenvalue weighted by Crippen LogP contribution is 2.35. The van der Waals surface area contributed by atoms with Crippen molar-refractivity contribution in [1.82, 2.24) is 0 Å². The van der Waals surface area contributed by atoms with Crippen LogP contribution < -0.4 is 14.2 Å². The predicted molar refractivity (Wildman–Crippen MR) is 94.5 cm³/mol. The Balaban J connectivity index is 2.46. The Morgan fingerprint density at radius 2 is 1.64 bits per heavy atom. The minimum atomic E-state index is -3.83. The maximum absolute atomic E-state index is 12.6. The SMILES string of the molecule is COc1cc(S(=O)(=O)Nc2ccc(I)cc2)c(OC)cc1Cl. The van der Waals surface area contributed by atoms with Gasteiger partial charge < -0.3 is 9.47 Å². The van der Waals surface area contributed by atoms with Crippen molar-refractivity contribution < 1.29 is 17.9 Å². The van der Waals surface area contributed by atoms with Gasteiger partial charge in [-0.2, -0.15) is 0 Å². The molecule has 118 valence electrons. The number of hydrogen-bond acceptors (Lipinski definition) is 4. The van der Waals surface area contributed by atoms with Gasteiger partial charge in [0.25, 0.3) is 10.0 Å². The van der Waals surface area contributed by atoms with Crippen LogP contribution in [0.5, 0.6) is 11.5 Å². The van der Waals surface area contributed by atoms with Crippen LogP contribution >= 0.6 is 34.2 Å². The van der Waals surface area contributed by atoms with Crippen molar-refractivity contribution in [3.8, 4) is 11.5 Å². The topological polar surface area (TPSA) is 64.6 Å². The van der Waals surface area contributed by atoms with E-state index in [1.165, 1.54) is 26.4 Å². The molecule has 0 radical (unpaired) electrons. The molecule has 0 aliphatic heterocycles. The van der Waals surface area contributed by atoms with Crippen molar-refractivity contribution in [3.05, 3.63) is 45.0 Å². The first kappa shape index (κ1) is 17.2. The van der Waals surface area contributed by atoms with Crippen LogP contribution in [0.2, 0.25) is 5.02 Å². The summed E-state index contributed by atoms with van der Waals surface area (Å²) in [5.41, 5.74) is 0.455. The largest absolute Gasteiger partial charge is 0.495 e. The van der Waals surface area contributed by atoms with E-state index >= 15 is 0 Å². The van der Waals surface area contributed by atoms with Gasteiger partial charge in [0.1, 0.15) is 16.4 Å². The van der Waals surface area contributed by atoms with E-state index in [1.54, 1.807) is 24.3 Å². The minimum Gasteiger partial charge on any atom is -0.495 e. The van der Waals surface area contributed by atoms with Gasteiger partial charge in [-0.25, -0.2) is 8.42 Å². The second kappa shape index (κ2) is 6.93. The lowest BCUT2D eigenvalue weighted by molar-refractivity contribution is 0.392. The van der Waals surface area contributed by atoms with E-state index in [-0.39, 0.29) is 21.4 Å². The van der Waals surface area contributed by atoms with Crippen LogP contribution in [0.1, 0.15) is 0 Å². The molecule has 2 aromatic carbocycles. The number of halogens is 2. The third-order valence-corrected chi connectivity index (χ3v) is 5.24. The molecule has 5 nitrogen and oxygen atoms in total. The highest BCUT2D eigenvalue weighted by Gasteiger charge is 2.22. The number of ether oxygens (including phenoxy) is 2. The maximum atomic E-state index is 12.6. The summed E-state index contributed by atoms with van der Waals surface area (Å²) in [7, 11) is -1.04. The molecular formula is C14H13ClINO4S. The van der Waals surface area contributed by atoms with Gasteiger partial charge in [0.05, 0.1) is 19.2 Å². The lowest BCUT2D eigenvalue weighted by Gasteiger charge is -2.14. The Labute approximate surface area is 147 Å². The third-order valence-electron chi connectivity index (χ3n) is 2.82. The van der Waals surface area contributed by atoms with Crippen molar-refractivity contribution in [2.24, 2.45) is 0 Å². The summed E-state index contributed by atoms with van der Waals surface area (Å²) in [4.78, 5) is -0.0465. The second-order valence-corrected chi connectivity index (χ2v) is 7.55. The number of anilines is 1. The Morgan fingerprint density at radius 1 is 1.05 bits per heavy atom. The molecule has 0 aliphatic carbocycles. The van der Waals surface area contributed by atoms with Gasteiger partial charge in [-0.15, -0.1) is 0 Å². The van der Waals surface area contributed by atoms with Crippen molar-refractivity contribution in [2.45, 2.75) is 4.90 Å². The van der Waals surface area contributed by atoms with Crippen LogP contribution in [0.4, 0.5) is 5.69 Å². The average Bonchev–Trinajstić information content (AvgIpc) is 2.48. The van der Waals surface area contributed by atoms with Gasteiger partial charge in [-0.3, -0.25) is 4.72 Å². The van der Waals surface area contributed by atoms with Gasteiger partial charge >= 0.3 is 0 Å². The lowest BCUT2D eigenvalue weighted by Crippen LogP contribution is -2.14. The normalized spacial score (nSPS) is 11.1. The summed E-state index contributed by atoms with van der Waals surface area (Å²) < 4.78 is 38.8. The number of benzene rings is 2. The smallest absolute Gasteiger partial charge is 0.265 e. The molecule has 0 aromatic heterocycles. The predicted octanol–water partition coefficient (Wildman–Crippen LogP) is 3.76. The third kappa shape index (κ3) is 3.76. The van der Waals surface area contributed by atoms with Crippen molar-refractivity contribution in [3.63, 3.8) is 0 Å². The molecule has 0 saturated carbocycles. The van der Waals surface area contributed by atoms with Gasteiger partial charge in [0.2, 0.25) is 0 Å². The Kier molecular flexibility index (Phi) is 5.41. The lowest BCUT2D eigenvalue weighted by atomic mass is 10.3. The van der Waals surface area contributed by atoms with Gasteiger partial charge in [0.15, 0.2) is 0 Å². The number of nitrogens with one attached hydrogen (secondary N) is 1. The van der Waals surface area contributed by atoms with E-state index in [9.17, 15) is 8.42 Å². The highest BCUT2D eigenvalue weighted by atomic mass is 127. The van der Waals surface area contributed by atoms with Crippen LogP contribution in [-0.2, 0) is 10.0 Å². The maximum Gasteiger partial charge on any atom is 0.265 e. The van der Waals surface area contributed by atoms with Crippen LogP contribution in [-0.4, -0.2) is 22.6 Å². The van der Waals surface area contributed by atoms with E-state index in [4.69, 9.17) is 21.1 Å². The number of hydrogen-bond donors (Lipinski definition) is 1. The van der Waals surface area contributed by atoms with Gasteiger partial charge in [-0.05, 0) is 46.9 Å². The minimum absolute atomic E-state index is 0.0465. The monoisotopic (exact) mass is 453 g/mol. The fourth-order valence-electron chi connectivity index (χ4n) is 1.77. The summed E-state index contributed by atoms with van der Waals surface area (Å²) in [6, 6.07) is 9.70. The van der Waals surface area contributed by atoms with Crippen molar-refractivity contribution in [2.75, 3.05) is 18.9 Å². The fourth-order valence-corrected chi connectivity index (χ4v) is 3.59. The van der Waals surface area contributed by atoms with Crippen LogP contribution in [0, 0.1) is 3.57 Å². The Hall–Kier alpha value is -1.19. The molecule has 0 fully saturated rings. The molecule has 0 unspecified atom stereocenters. The standard InChI is InChI=1S/C14H13ClINO4S/c1-20-12-8-14(13(21-2)7-11(12)15)22(18,19)17-10-5-3-9(16)4-6-10/h3-8,17H,1-2H3. The molecule has 1 N–H and O–H groups in total. The molecule has 0 aliphatic rings. The van der Waals surface area contributed by atoms with Gasteiger partial charge in [0, 0.05) is 21.4 Å². The zero-order valence-electron chi connectivity index (χ0n) is 11.8. The fraction of sp³-hybridized carbons (Fsp3) is 0.143. The van der Waals surface area contributed by atoms with E-state index in [1.807, 2.05) is 0 Å². The Bertz CT molecular complexity index is 778. The molecule has 0 amide bonds. The second-order valence-electron chi connectivity index (χ2n) is 4.25. The molecule has 2 rings (SSSR count). The molecule has 8 heteroatoms. The van der Waals surface area contributed by atoms with Crippen molar-refractivity contribution >= 4 is 49.9 Å². The molecule has 0 spiro atoms. The first-order valence-electron chi connectivity index (χ1n) is 6.07. The summed E-state index contributed by atoms with van der Waals surface area (Å²) in [6.07, 6.45) is 0. The molecule has 0 atom stereocenters. The molecule has 0 heterocycles.